The maximum Gasteiger partial charge on any atom is 0.335 e. The SMILES string of the molecule is CC/C=C\C/C=C\C/C=C\C/C=C\C/C=C\C/C=C\CCC(=O)OC1C(OCC(COC(=O)CCCCCCCCC/C=C\CCCCCCCC)OC(=O)C/C=C\C/C=C\C/C=C\C/C=C\C/C=C\CC)OC(C(=O)O)C(O)C1O. The zero-order valence-electron chi connectivity index (χ0n) is 50.0. The lowest BCUT2D eigenvalue weighted by atomic mass is 9.98. The number of aliphatic hydroxyl groups is 2. The highest BCUT2D eigenvalue weighted by molar-refractivity contribution is 5.74. The van der Waals surface area contributed by atoms with Crippen LogP contribution in [0.2, 0.25) is 0 Å². The molecular formula is C69H106O12. The van der Waals surface area contributed by atoms with Crippen LogP contribution in [0.4, 0.5) is 0 Å². The maximum absolute atomic E-state index is 13.1. The van der Waals surface area contributed by atoms with E-state index in [4.69, 9.17) is 23.7 Å². The summed E-state index contributed by atoms with van der Waals surface area (Å²) in [6.45, 7) is 5.63. The average molecular weight is 1130 g/mol. The summed E-state index contributed by atoms with van der Waals surface area (Å²) in [5.41, 5.74) is 0. The monoisotopic (exact) mass is 1130 g/mol. The highest BCUT2D eigenvalue weighted by atomic mass is 16.7. The van der Waals surface area contributed by atoms with Crippen LogP contribution in [0.15, 0.2) is 146 Å². The van der Waals surface area contributed by atoms with Crippen LogP contribution in [0.3, 0.4) is 0 Å². The summed E-state index contributed by atoms with van der Waals surface area (Å²) >= 11 is 0. The van der Waals surface area contributed by atoms with E-state index < -0.39 is 67.3 Å². The second kappa shape index (κ2) is 55.2. The second-order valence-corrected chi connectivity index (χ2v) is 20.2. The number of aliphatic hydroxyl groups excluding tert-OH is 2. The molecule has 12 nitrogen and oxygen atoms in total. The molecule has 6 unspecified atom stereocenters. The first-order valence-corrected chi connectivity index (χ1v) is 30.8. The summed E-state index contributed by atoms with van der Waals surface area (Å²) in [7, 11) is 0. The van der Waals surface area contributed by atoms with E-state index in [-0.39, 0.29) is 25.9 Å². The molecule has 6 atom stereocenters. The van der Waals surface area contributed by atoms with Gasteiger partial charge in [0.05, 0.1) is 13.0 Å². The summed E-state index contributed by atoms with van der Waals surface area (Å²) in [5, 5.41) is 31.5. The number of allylic oxidation sites excluding steroid dienone is 23. The smallest absolute Gasteiger partial charge is 0.335 e. The summed E-state index contributed by atoms with van der Waals surface area (Å²) in [6.07, 6.45) is 67.1. The van der Waals surface area contributed by atoms with Crippen LogP contribution in [0.1, 0.15) is 213 Å². The average Bonchev–Trinajstić information content (AvgIpc) is 3.54. The number of rotatable bonds is 50. The van der Waals surface area contributed by atoms with Crippen molar-refractivity contribution >= 4 is 23.9 Å². The van der Waals surface area contributed by atoms with Crippen molar-refractivity contribution < 1.29 is 58.2 Å². The number of hydrogen-bond acceptors (Lipinski definition) is 11. The van der Waals surface area contributed by atoms with E-state index in [1.807, 2.05) is 36.5 Å². The predicted molar refractivity (Wildman–Crippen MR) is 330 cm³/mol. The summed E-state index contributed by atoms with van der Waals surface area (Å²) in [4.78, 5) is 51.1. The Bertz CT molecular complexity index is 1960. The van der Waals surface area contributed by atoms with Crippen LogP contribution in [0, 0.1) is 0 Å². The third kappa shape index (κ3) is 44.9. The van der Waals surface area contributed by atoms with E-state index in [1.165, 1.54) is 57.8 Å². The molecule has 0 aromatic rings. The van der Waals surface area contributed by atoms with Crippen molar-refractivity contribution in [2.45, 2.75) is 250 Å². The fourth-order valence-corrected chi connectivity index (χ4v) is 8.29. The van der Waals surface area contributed by atoms with Crippen molar-refractivity contribution in [2.24, 2.45) is 0 Å². The van der Waals surface area contributed by atoms with E-state index in [2.05, 4.69) is 124 Å². The van der Waals surface area contributed by atoms with Gasteiger partial charge < -0.3 is 39.0 Å². The lowest BCUT2D eigenvalue weighted by Gasteiger charge is -2.40. The molecule has 1 aliphatic heterocycles. The number of carboxylic acid groups (broad SMARTS) is 1. The summed E-state index contributed by atoms with van der Waals surface area (Å²) in [6, 6.07) is 0. The minimum absolute atomic E-state index is 0.0835. The van der Waals surface area contributed by atoms with Gasteiger partial charge in [-0.1, -0.05) is 231 Å². The van der Waals surface area contributed by atoms with Crippen LogP contribution < -0.4 is 0 Å². The summed E-state index contributed by atoms with van der Waals surface area (Å²) in [5.74, 6) is -3.43. The molecule has 1 heterocycles. The van der Waals surface area contributed by atoms with E-state index in [0.717, 1.165) is 89.9 Å². The summed E-state index contributed by atoms with van der Waals surface area (Å²) < 4.78 is 28.2. The first-order valence-electron chi connectivity index (χ1n) is 30.8. The second-order valence-electron chi connectivity index (χ2n) is 20.2. The molecule has 0 aromatic heterocycles. The van der Waals surface area contributed by atoms with Crippen molar-refractivity contribution in [3.05, 3.63) is 146 Å². The van der Waals surface area contributed by atoms with E-state index in [9.17, 15) is 34.5 Å². The van der Waals surface area contributed by atoms with Gasteiger partial charge in [-0.15, -0.1) is 0 Å². The normalized spacial score (nSPS) is 18.8. The van der Waals surface area contributed by atoms with Crippen molar-refractivity contribution in [3.8, 4) is 0 Å². The largest absolute Gasteiger partial charge is 0.479 e. The Balaban J connectivity index is 2.78. The zero-order valence-corrected chi connectivity index (χ0v) is 50.0. The molecule has 1 saturated heterocycles. The molecular weight excluding hydrogens is 1020 g/mol. The highest BCUT2D eigenvalue weighted by Gasteiger charge is 2.50. The lowest BCUT2D eigenvalue weighted by molar-refractivity contribution is -0.301. The molecule has 454 valence electrons. The molecule has 0 bridgehead atoms. The molecule has 81 heavy (non-hydrogen) atoms. The Morgan fingerprint density at radius 3 is 1.30 bits per heavy atom. The number of hydrogen-bond donors (Lipinski definition) is 3. The van der Waals surface area contributed by atoms with E-state index >= 15 is 0 Å². The Labute approximate surface area is 489 Å². The van der Waals surface area contributed by atoms with Gasteiger partial charge in [0.25, 0.3) is 0 Å². The van der Waals surface area contributed by atoms with Crippen molar-refractivity contribution in [1.82, 2.24) is 0 Å². The molecule has 0 aliphatic carbocycles. The van der Waals surface area contributed by atoms with Gasteiger partial charge in [-0.2, -0.15) is 0 Å². The molecule has 0 aromatic carbocycles. The zero-order chi connectivity index (χ0) is 58.9. The minimum Gasteiger partial charge on any atom is -0.479 e. The van der Waals surface area contributed by atoms with E-state index in [0.29, 0.717) is 25.7 Å². The number of carbonyl (C=O) groups is 4. The van der Waals surface area contributed by atoms with Crippen molar-refractivity contribution in [1.29, 1.82) is 0 Å². The molecule has 0 saturated carbocycles. The Morgan fingerprint density at radius 2 is 0.840 bits per heavy atom. The first-order chi connectivity index (χ1) is 39.6. The number of carboxylic acids is 1. The highest BCUT2D eigenvalue weighted by Crippen LogP contribution is 2.26. The number of unbranched alkanes of at least 4 members (excludes halogenated alkanes) is 13. The standard InChI is InChI=1S/C69H106O12/c1-4-7-10-13-16-19-22-25-28-30-31-33-36-39-42-45-48-51-54-57-63(72)80-67-65(74)64(73)66(68(75)76)81-69(67)78-59-60(79-62(71)56-53-50-47-44-41-38-34-27-24-21-18-15-12-9-6-3)58-77-61(70)55-52-49-46-43-40-37-35-32-29-26-23-20-17-14-11-8-5-2/h7,9-10,12,16,18-19,21,25-29,31,33-34,39,41-42,44,48,50-51,53,60,64-67,69,73-74H,4-6,8,11,13-15,17,20,22-24,30,32,35-38,40,43,45-47,49,52,54-59H2,1-3H3,(H,75,76)/b10-7-,12-9-,19-16-,21-18-,28-25-,29-26-,33-31-,34-27-,42-39-,44-41-,51-48-,53-50-. The fourth-order valence-electron chi connectivity index (χ4n) is 8.29. The van der Waals surface area contributed by atoms with Gasteiger partial charge in [-0.05, 0) is 109 Å². The van der Waals surface area contributed by atoms with Crippen LogP contribution in [0.25, 0.3) is 0 Å². The minimum atomic E-state index is -1.95. The number of esters is 3. The molecule has 3 N–H and O–H groups in total. The first kappa shape index (κ1) is 73.6. The molecule has 0 spiro atoms. The maximum atomic E-state index is 13.1. The van der Waals surface area contributed by atoms with Gasteiger partial charge in [0, 0.05) is 12.8 Å². The molecule has 1 rings (SSSR count). The van der Waals surface area contributed by atoms with Crippen LogP contribution in [-0.2, 0) is 42.9 Å². The predicted octanol–water partition coefficient (Wildman–Crippen LogP) is 16.3. The molecule has 12 heteroatoms. The molecule has 0 amide bonds. The van der Waals surface area contributed by atoms with Gasteiger partial charge >= 0.3 is 23.9 Å². The van der Waals surface area contributed by atoms with Crippen molar-refractivity contribution in [2.75, 3.05) is 13.2 Å². The van der Waals surface area contributed by atoms with Gasteiger partial charge in [0.2, 0.25) is 0 Å². The van der Waals surface area contributed by atoms with Crippen LogP contribution in [-0.4, -0.2) is 89.2 Å². The van der Waals surface area contributed by atoms with Gasteiger partial charge in [0.15, 0.2) is 24.6 Å². The van der Waals surface area contributed by atoms with Crippen molar-refractivity contribution in [3.63, 3.8) is 0 Å². The quantitative estimate of drug-likeness (QED) is 0.0228. The number of aliphatic carboxylic acids is 1. The van der Waals surface area contributed by atoms with Gasteiger partial charge in [0.1, 0.15) is 18.8 Å². The number of ether oxygens (including phenoxy) is 5. The Hall–Kier alpha value is -5.40. The lowest BCUT2D eigenvalue weighted by Crippen LogP contribution is -2.61. The van der Waals surface area contributed by atoms with Gasteiger partial charge in [-0.25, -0.2) is 4.79 Å². The van der Waals surface area contributed by atoms with Crippen LogP contribution in [0.5, 0.6) is 0 Å². The third-order valence-electron chi connectivity index (χ3n) is 12.9. The third-order valence-corrected chi connectivity index (χ3v) is 12.9. The Kier molecular flexibility index (Phi) is 50.1. The van der Waals surface area contributed by atoms with E-state index in [1.54, 1.807) is 6.08 Å². The Morgan fingerprint density at radius 1 is 0.432 bits per heavy atom. The van der Waals surface area contributed by atoms with Crippen LogP contribution >= 0.6 is 0 Å². The molecule has 0 radical (unpaired) electrons. The molecule has 1 aliphatic rings. The van der Waals surface area contributed by atoms with Gasteiger partial charge in [-0.3, -0.25) is 14.4 Å². The molecule has 1 fully saturated rings. The fraction of sp³-hybridized carbons (Fsp3) is 0.594. The topological polar surface area (TPSA) is 175 Å². The number of carbonyl (C=O) groups excluding carboxylic acids is 3.